The fraction of sp³-hybridized carbons (Fsp3) is 0.263. The van der Waals surface area contributed by atoms with E-state index in [1.807, 2.05) is 63.2 Å². The Labute approximate surface area is 136 Å². The van der Waals surface area contributed by atoms with E-state index in [-0.39, 0.29) is 18.2 Å². The lowest BCUT2D eigenvalue weighted by Gasteiger charge is -2.10. The lowest BCUT2D eigenvalue weighted by molar-refractivity contribution is -0.126. The molecule has 0 saturated carbocycles. The Morgan fingerprint density at radius 1 is 0.913 bits per heavy atom. The molecule has 0 aliphatic carbocycles. The second-order valence-corrected chi connectivity index (χ2v) is 5.75. The van der Waals surface area contributed by atoms with Gasteiger partial charge in [0, 0.05) is 12.2 Å². The predicted octanol–water partition coefficient (Wildman–Crippen LogP) is 3.26. The minimum absolute atomic E-state index is 0.181. The molecule has 2 amide bonds. The topological polar surface area (TPSA) is 58.2 Å². The second kappa shape index (κ2) is 7.58. The number of aryl methyl sites for hydroxylation is 3. The summed E-state index contributed by atoms with van der Waals surface area (Å²) in [5.74, 6) is -0.588. The number of rotatable bonds is 5. The summed E-state index contributed by atoms with van der Waals surface area (Å²) in [7, 11) is 0. The normalized spacial score (nSPS) is 10.2. The van der Waals surface area contributed by atoms with Crippen LogP contribution in [0.15, 0.2) is 42.5 Å². The fourth-order valence-electron chi connectivity index (χ4n) is 2.36. The molecule has 0 saturated heterocycles. The van der Waals surface area contributed by atoms with Gasteiger partial charge in [-0.1, -0.05) is 42.0 Å². The first-order chi connectivity index (χ1) is 11.0. The predicted molar refractivity (Wildman–Crippen MR) is 92.2 cm³/mol. The number of anilines is 1. The molecule has 0 heterocycles. The molecule has 4 nitrogen and oxygen atoms in total. The Kier molecular flexibility index (Phi) is 5.52. The summed E-state index contributed by atoms with van der Waals surface area (Å²) in [5.41, 5.74) is 5.03. The van der Waals surface area contributed by atoms with E-state index in [9.17, 15) is 9.59 Å². The van der Waals surface area contributed by atoms with Gasteiger partial charge < -0.3 is 10.6 Å². The van der Waals surface area contributed by atoms with Gasteiger partial charge >= 0.3 is 0 Å². The summed E-state index contributed by atoms with van der Waals surface area (Å²) in [6.45, 7) is 6.36. The van der Waals surface area contributed by atoms with E-state index >= 15 is 0 Å². The monoisotopic (exact) mass is 310 g/mol. The van der Waals surface area contributed by atoms with Gasteiger partial charge in [-0.05, 0) is 43.5 Å². The summed E-state index contributed by atoms with van der Waals surface area (Å²) in [6, 6.07) is 13.6. The van der Waals surface area contributed by atoms with E-state index in [0.717, 1.165) is 27.9 Å². The molecule has 0 aliphatic rings. The number of carbonyl (C=O) groups is 2. The third kappa shape index (κ3) is 4.95. The van der Waals surface area contributed by atoms with Crippen LogP contribution in [0.1, 0.15) is 28.7 Å². The minimum Gasteiger partial charge on any atom is -0.352 e. The first kappa shape index (κ1) is 16.7. The SMILES string of the molecule is Cc1ccc(NC(=O)CC(=O)NCc2ccccc2C)c(C)c1. The molecule has 0 radical (unpaired) electrons. The number of amides is 2. The van der Waals surface area contributed by atoms with Crippen molar-refractivity contribution >= 4 is 17.5 Å². The summed E-state index contributed by atoms with van der Waals surface area (Å²) in [5, 5.41) is 5.56. The smallest absolute Gasteiger partial charge is 0.233 e. The van der Waals surface area contributed by atoms with E-state index in [4.69, 9.17) is 0 Å². The van der Waals surface area contributed by atoms with Crippen molar-refractivity contribution in [1.29, 1.82) is 0 Å². The molecule has 0 unspecified atom stereocenters. The number of hydrogen-bond acceptors (Lipinski definition) is 2. The number of carbonyl (C=O) groups excluding carboxylic acids is 2. The Morgan fingerprint density at radius 3 is 2.35 bits per heavy atom. The highest BCUT2D eigenvalue weighted by Crippen LogP contribution is 2.16. The molecule has 2 N–H and O–H groups in total. The molecule has 23 heavy (non-hydrogen) atoms. The van der Waals surface area contributed by atoms with E-state index < -0.39 is 0 Å². The molecule has 0 spiro atoms. The van der Waals surface area contributed by atoms with Crippen LogP contribution in [0.4, 0.5) is 5.69 Å². The molecule has 2 aromatic carbocycles. The standard InChI is InChI=1S/C19H22N2O2/c1-13-8-9-17(15(3)10-13)21-19(23)11-18(22)20-12-16-7-5-4-6-14(16)2/h4-10H,11-12H2,1-3H3,(H,20,22)(H,21,23). The van der Waals surface area contributed by atoms with Gasteiger partial charge in [0.1, 0.15) is 6.42 Å². The zero-order valence-corrected chi connectivity index (χ0v) is 13.8. The van der Waals surface area contributed by atoms with Crippen LogP contribution in [0.5, 0.6) is 0 Å². The molecule has 0 atom stereocenters. The third-order valence-electron chi connectivity index (χ3n) is 3.71. The maximum atomic E-state index is 12.0. The van der Waals surface area contributed by atoms with Crippen molar-refractivity contribution < 1.29 is 9.59 Å². The molecule has 0 fully saturated rings. The van der Waals surface area contributed by atoms with E-state index in [0.29, 0.717) is 6.54 Å². The van der Waals surface area contributed by atoms with Gasteiger partial charge in [-0.15, -0.1) is 0 Å². The van der Waals surface area contributed by atoms with Crippen molar-refractivity contribution in [2.75, 3.05) is 5.32 Å². The summed E-state index contributed by atoms with van der Waals surface area (Å²) < 4.78 is 0. The molecule has 120 valence electrons. The quantitative estimate of drug-likeness (QED) is 0.833. The van der Waals surface area contributed by atoms with Gasteiger partial charge in [-0.2, -0.15) is 0 Å². The maximum Gasteiger partial charge on any atom is 0.233 e. The van der Waals surface area contributed by atoms with Crippen LogP contribution < -0.4 is 10.6 Å². The van der Waals surface area contributed by atoms with Crippen molar-refractivity contribution in [2.24, 2.45) is 0 Å². The third-order valence-corrected chi connectivity index (χ3v) is 3.71. The molecule has 0 aliphatic heterocycles. The first-order valence-corrected chi connectivity index (χ1v) is 7.64. The van der Waals surface area contributed by atoms with Crippen LogP contribution in [0.2, 0.25) is 0 Å². The van der Waals surface area contributed by atoms with E-state index in [1.165, 1.54) is 0 Å². The van der Waals surface area contributed by atoms with Crippen molar-refractivity contribution in [3.8, 4) is 0 Å². The van der Waals surface area contributed by atoms with Crippen LogP contribution >= 0.6 is 0 Å². The van der Waals surface area contributed by atoms with Crippen molar-refractivity contribution in [3.63, 3.8) is 0 Å². The van der Waals surface area contributed by atoms with Crippen LogP contribution in [0, 0.1) is 20.8 Å². The van der Waals surface area contributed by atoms with Crippen LogP contribution in [0.25, 0.3) is 0 Å². The van der Waals surface area contributed by atoms with Gasteiger partial charge in [-0.3, -0.25) is 9.59 Å². The highest BCUT2D eigenvalue weighted by Gasteiger charge is 2.11. The Morgan fingerprint density at radius 2 is 1.65 bits per heavy atom. The Balaban J connectivity index is 1.85. The van der Waals surface area contributed by atoms with Gasteiger partial charge in [0.25, 0.3) is 0 Å². The van der Waals surface area contributed by atoms with Gasteiger partial charge in [0.05, 0.1) is 0 Å². The van der Waals surface area contributed by atoms with E-state index in [2.05, 4.69) is 10.6 Å². The average Bonchev–Trinajstić information content (AvgIpc) is 2.49. The lowest BCUT2D eigenvalue weighted by Crippen LogP contribution is -2.28. The minimum atomic E-state index is -0.306. The number of hydrogen-bond donors (Lipinski definition) is 2. The van der Waals surface area contributed by atoms with Gasteiger partial charge in [-0.25, -0.2) is 0 Å². The van der Waals surface area contributed by atoms with Crippen molar-refractivity contribution in [2.45, 2.75) is 33.7 Å². The number of nitrogens with one attached hydrogen (secondary N) is 2. The van der Waals surface area contributed by atoms with Crippen LogP contribution in [0.3, 0.4) is 0 Å². The Bertz CT molecular complexity index is 723. The van der Waals surface area contributed by atoms with Gasteiger partial charge in [0.2, 0.25) is 11.8 Å². The second-order valence-electron chi connectivity index (χ2n) is 5.75. The first-order valence-electron chi connectivity index (χ1n) is 7.64. The Hall–Kier alpha value is -2.62. The molecule has 0 aromatic heterocycles. The molecular formula is C19H22N2O2. The maximum absolute atomic E-state index is 12.0. The molecule has 0 bridgehead atoms. The lowest BCUT2D eigenvalue weighted by atomic mass is 10.1. The van der Waals surface area contributed by atoms with Crippen molar-refractivity contribution in [3.05, 3.63) is 64.7 Å². The van der Waals surface area contributed by atoms with Crippen LogP contribution in [-0.4, -0.2) is 11.8 Å². The summed E-state index contributed by atoms with van der Waals surface area (Å²) >= 11 is 0. The average molecular weight is 310 g/mol. The fourth-order valence-corrected chi connectivity index (χ4v) is 2.36. The summed E-state index contributed by atoms with van der Waals surface area (Å²) in [6.07, 6.45) is -0.181. The van der Waals surface area contributed by atoms with Crippen LogP contribution in [-0.2, 0) is 16.1 Å². The largest absolute Gasteiger partial charge is 0.352 e. The van der Waals surface area contributed by atoms with Crippen molar-refractivity contribution in [1.82, 2.24) is 5.32 Å². The zero-order chi connectivity index (χ0) is 16.8. The molecule has 2 aromatic rings. The zero-order valence-electron chi connectivity index (χ0n) is 13.8. The highest BCUT2D eigenvalue weighted by atomic mass is 16.2. The van der Waals surface area contributed by atoms with E-state index in [1.54, 1.807) is 0 Å². The molecular weight excluding hydrogens is 288 g/mol. The highest BCUT2D eigenvalue weighted by molar-refractivity contribution is 6.03. The summed E-state index contributed by atoms with van der Waals surface area (Å²) in [4.78, 5) is 23.9. The number of benzene rings is 2. The van der Waals surface area contributed by atoms with Gasteiger partial charge in [0.15, 0.2) is 0 Å². The molecule has 2 rings (SSSR count). The molecule has 4 heteroatoms.